The van der Waals surface area contributed by atoms with Crippen molar-refractivity contribution in [1.82, 2.24) is 4.90 Å². The Morgan fingerprint density at radius 1 is 1.19 bits per heavy atom. The van der Waals surface area contributed by atoms with E-state index in [9.17, 15) is 5.11 Å². The predicted octanol–water partition coefficient (Wildman–Crippen LogP) is 2.53. The highest BCUT2D eigenvalue weighted by Gasteiger charge is 2.23. The van der Waals surface area contributed by atoms with Gasteiger partial charge >= 0.3 is 0 Å². The molecule has 2 nitrogen and oxygen atoms in total. The zero-order chi connectivity index (χ0) is 12.2. The summed E-state index contributed by atoms with van der Waals surface area (Å²) in [5, 5.41) is 9.99. The van der Waals surface area contributed by atoms with Gasteiger partial charge < -0.3 is 5.11 Å². The molecule has 2 heteroatoms. The second-order valence-corrected chi connectivity index (χ2v) is 5.56. The summed E-state index contributed by atoms with van der Waals surface area (Å²) < 4.78 is 0. The van der Waals surface area contributed by atoms with Crippen molar-refractivity contribution in [3.63, 3.8) is 0 Å². The first-order valence-electron chi connectivity index (χ1n) is 5.80. The van der Waals surface area contributed by atoms with Crippen LogP contribution in [0.4, 0.5) is 0 Å². The summed E-state index contributed by atoms with van der Waals surface area (Å²) in [6, 6.07) is 10.3. The molecule has 0 aromatic heterocycles. The van der Waals surface area contributed by atoms with Crippen molar-refractivity contribution in [2.75, 3.05) is 13.6 Å². The van der Waals surface area contributed by atoms with Crippen molar-refractivity contribution in [3.05, 3.63) is 35.9 Å². The lowest BCUT2D eigenvalue weighted by Crippen LogP contribution is -2.37. The molecule has 16 heavy (non-hydrogen) atoms. The number of nitrogens with zero attached hydrogens (tertiary/aromatic N) is 1. The van der Waals surface area contributed by atoms with Crippen LogP contribution in [0.15, 0.2) is 30.3 Å². The summed E-state index contributed by atoms with van der Waals surface area (Å²) in [5.74, 6) is 0. The lowest BCUT2D eigenvalue weighted by atomic mass is 9.89. The third-order valence-electron chi connectivity index (χ3n) is 2.78. The first-order chi connectivity index (χ1) is 7.39. The van der Waals surface area contributed by atoms with E-state index < -0.39 is 0 Å². The van der Waals surface area contributed by atoms with Crippen molar-refractivity contribution < 1.29 is 5.11 Å². The van der Waals surface area contributed by atoms with Gasteiger partial charge in [0, 0.05) is 13.1 Å². The highest BCUT2D eigenvalue weighted by molar-refractivity contribution is 5.14. The molecule has 0 saturated heterocycles. The van der Waals surface area contributed by atoms with E-state index in [0.29, 0.717) is 6.54 Å². The summed E-state index contributed by atoms with van der Waals surface area (Å²) in [6.07, 6.45) is -0.291. The number of aliphatic hydroxyl groups is 1. The smallest absolute Gasteiger partial charge is 0.0715 e. The molecule has 0 bridgehead atoms. The number of benzene rings is 1. The third-order valence-corrected chi connectivity index (χ3v) is 2.78. The van der Waals surface area contributed by atoms with Crippen LogP contribution in [0.2, 0.25) is 0 Å². The number of hydrogen-bond acceptors (Lipinski definition) is 2. The van der Waals surface area contributed by atoms with Gasteiger partial charge in [0.15, 0.2) is 0 Å². The van der Waals surface area contributed by atoms with E-state index in [0.717, 1.165) is 6.54 Å². The molecule has 1 rings (SSSR count). The molecule has 0 fully saturated rings. The van der Waals surface area contributed by atoms with Crippen molar-refractivity contribution in [2.24, 2.45) is 5.41 Å². The first kappa shape index (κ1) is 13.2. The molecule has 0 heterocycles. The maximum Gasteiger partial charge on any atom is 0.0715 e. The average Bonchev–Trinajstić information content (AvgIpc) is 2.17. The standard InChI is InChI=1S/C14H23NO/c1-14(2,3)13(16)11-15(4)10-12-8-6-5-7-9-12/h5-9,13,16H,10-11H2,1-4H3/t13-/m0/s1. The minimum atomic E-state index is -0.291. The van der Waals surface area contributed by atoms with Gasteiger partial charge in [0.05, 0.1) is 6.10 Å². The molecule has 0 radical (unpaired) electrons. The van der Waals surface area contributed by atoms with E-state index in [1.54, 1.807) is 0 Å². The monoisotopic (exact) mass is 221 g/mol. The number of hydrogen-bond donors (Lipinski definition) is 1. The van der Waals surface area contributed by atoms with Crippen LogP contribution in [0.25, 0.3) is 0 Å². The highest BCUT2D eigenvalue weighted by atomic mass is 16.3. The fourth-order valence-electron chi connectivity index (χ4n) is 1.53. The molecule has 1 aromatic rings. The van der Waals surface area contributed by atoms with Crippen LogP contribution in [0.1, 0.15) is 26.3 Å². The Morgan fingerprint density at radius 2 is 1.75 bits per heavy atom. The van der Waals surface area contributed by atoms with Crippen LogP contribution in [-0.4, -0.2) is 29.7 Å². The normalized spacial score (nSPS) is 14.1. The molecule has 1 N–H and O–H groups in total. The van der Waals surface area contributed by atoms with Gasteiger partial charge in [0.25, 0.3) is 0 Å². The molecule has 0 aliphatic rings. The summed E-state index contributed by atoms with van der Waals surface area (Å²) >= 11 is 0. The highest BCUT2D eigenvalue weighted by Crippen LogP contribution is 2.19. The Morgan fingerprint density at radius 3 is 2.25 bits per heavy atom. The van der Waals surface area contributed by atoms with E-state index in [1.807, 2.05) is 25.2 Å². The van der Waals surface area contributed by atoms with Gasteiger partial charge in [0.1, 0.15) is 0 Å². The molecule has 1 aromatic carbocycles. The zero-order valence-electron chi connectivity index (χ0n) is 10.8. The fourth-order valence-corrected chi connectivity index (χ4v) is 1.53. The molecule has 90 valence electrons. The largest absolute Gasteiger partial charge is 0.391 e. The van der Waals surface area contributed by atoms with Gasteiger partial charge in [-0.3, -0.25) is 4.90 Å². The summed E-state index contributed by atoms with van der Waals surface area (Å²) in [5.41, 5.74) is 1.23. The predicted molar refractivity (Wildman–Crippen MR) is 68.2 cm³/mol. The number of rotatable bonds is 4. The Balaban J connectivity index is 2.45. The van der Waals surface area contributed by atoms with Gasteiger partial charge in [-0.15, -0.1) is 0 Å². The molecular weight excluding hydrogens is 198 g/mol. The number of aliphatic hydroxyl groups excluding tert-OH is 1. The van der Waals surface area contributed by atoms with Crippen LogP contribution >= 0.6 is 0 Å². The van der Waals surface area contributed by atoms with Crippen LogP contribution in [0.3, 0.4) is 0 Å². The van der Waals surface area contributed by atoms with Crippen LogP contribution in [-0.2, 0) is 6.54 Å². The summed E-state index contributed by atoms with van der Waals surface area (Å²) in [4.78, 5) is 2.16. The van der Waals surface area contributed by atoms with E-state index in [4.69, 9.17) is 0 Å². The summed E-state index contributed by atoms with van der Waals surface area (Å²) in [7, 11) is 2.04. The molecule has 0 spiro atoms. The van der Waals surface area contributed by atoms with Crippen LogP contribution < -0.4 is 0 Å². The Hall–Kier alpha value is -0.860. The van der Waals surface area contributed by atoms with E-state index in [1.165, 1.54) is 5.56 Å². The van der Waals surface area contributed by atoms with Crippen molar-refractivity contribution in [1.29, 1.82) is 0 Å². The summed E-state index contributed by atoms with van der Waals surface area (Å²) in [6.45, 7) is 7.78. The van der Waals surface area contributed by atoms with Crippen LogP contribution in [0.5, 0.6) is 0 Å². The van der Waals surface area contributed by atoms with E-state index >= 15 is 0 Å². The maximum absolute atomic E-state index is 9.99. The molecule has 0 aliphatic carbocycles. The zero-order valence-corrected chi connectivity index (χ0v) is 10.8. The molecule has 0 amide bonds. The van der Waals surface area contributed by atoms with Gasteiger partial charge in [-0.25, -0.2) is 0 Å². The van der Waals surface area contributed by atoms with Crippen LogP contribution in [0, 0.1) is 5.41 Å². The third kappa shape index (κ3) is 4.33. The van der Waals surface area contributed by atoms with Crippen molar-refractivity contribution in [2.45, 2.75) is 33.4 Å². The minimum absolute atomic E-state index is 0.0506. The van der Waals surface area contributed by atoms with Gasteiger partial charge in [0.2, 0.25) is 0 Å². The quantitative estimate of drug-likeness (QED) is 0.844. The molecule has 0 saturated carbocycles. The SMILES string of the molecule is CN(Cc1ccccc1)C[C@H](O)C(C)(C)C. The lowest BCUT2D eigenvalue weighted by molar-refractivity contribution is 0.0333. The second kappa shape index (κ2) is 5.46. The van der Waals surface area contributed by atoms with E-state index in [2.05, 4.69) is 37.8 Å². The Bertz CT molecular complexity index is 302. The molecule has 1 atom stereocenters. The van der Waals surface area contributed by atoms with E-state index in [-0.39, 0.29) is 11.5 Å². The number of likely N-dealkylation sites (N-methyl/N-ethyl adjacent to an activating group) is 1. The molecule has 0 aliphatic heterocycles. The van der Waals surface area contributed by atoms with Crippen molar-refractivity contribution >= 4 is 0 Å². The Kier molecular flexibility index (Phi) is 4.51. The average molecular weight is 221 g/mol. The molecular formula is C14H23NO. The molecule has 0 unspecified atom stereocenters. The van der Waals surface area contributed by atoms with Gasteiger partial charge in [-0.2, -0.15) is 0 Å². The van der Waals surface area contributed by atoms with Gasteiger partial charge in [-0.05, 0) is 18.0 Å². The van der Waals surface area contributed by atoms with Crippen molar-refractivity contribution in [3.8, 4) is 0 Å². The maximum atomic E-state index is 9.99. The first-order valence-corrected chi connectivity index (χ1v) is 5.80. The second-order valence-electron chi connectivity index (χ2n) is 5.56. The Labute approximate surface area is 98.9 Å². The fraction of sp³-hybridized carbons (Fsp3) is 0.571. The lowest BCUT2D eigenvalue weighted by Gasteiger charge is -2.29. The van der Waals surface area contributed by atoms with Gasteiger partial charge in [-0.1, -0.05) is 51.1 Å². The topological polar surface area (TPSA) is 23.5 Å². The minimum Gasteiger partial charge on any atom is -0.391 e.